The fraction of sp³-hybridized carbons (Fsp3) is 0.500. The van der Waals surface area contributed by atoms with Crippen LogP contribution in [-0.4, -0.2) is 13.2 Å². The molecule has 1 saturated heterocycles. The van der Waals surface area contributed by atoms with Gasteiger partial charge in [-0.15, -0.1) is 0 Å². The lowest BCUT2D eigenvalue weighted by molar-refractivity contribution is 0.315. The molecule has 1 aromatic rings. The standard InChI is InChI=1S/C12H16O2/c1-3-8-13-11-6-4-10(5-7-11)12(2)9-14-12/h4-7H,3,8-9H2,1-2H3. The van der Waals surface area contributed by atoms with Gasteiger partial charge in [-0.05, 0) is 31.0 Å². The zero-order chi connectivity index (χ0) is 10.0. The van der Waals surface area contributed by atoms with Gasteiger partial charge in [-0.25, -0.2) is 0 Å². The van der Waals surface area contributed by atoms with Gasteiger partial charge in [0.2, 0.25) is 0 Å². The van der Waals surface area contributed by atoms with Crippen LogP contribution < -0.4 is 4.74 Å². The van der Waals surface area contributed by atoms with E-state index in [4.69, 9.17) is 9.47 Å². The van der Waals surface area contributed by atoms with Crippen molar-refractivity contribution in [1.29, 1.82) is 0 Å². The van der Waals surface area contributed by atoms with Crippen LogP contribution in [0.5, 0.6) is 5.75 Å². The van der Waals surface area contributed by atoms with Crippen molar-refractivity contribution in [3.8, 4) is 5.75 Å². The minimum absolute atomic E-state index is 0.0245. The summed E-state index contributed by atoms with van der Waals surface area (Å²) in [6.45, 7) is 5.83. The molecule has 14 heavy (non-hydrogen) atoms. The molecule has 0 aromatic heterocycles. The molecule has 2 rings (SSSR count). The van der Waals surface area contributed by atoms with Crippen molar-refractivity contribution in [1.82, 2.24) is 0 Å². The molecule has 1 heterocycles. The Morgan fingerprint density at radius 3 is 2.50 bits per heavy atom. The molecule has 2 heteroatoms. The summed E-state index contributed by atoms with van der Waals surface area (Å²) in [5, 5.41) is 0. The third-order valence-corrected chi connectivity index (χ3v) is 2.52. The van der Waals surface area contributed by atoms with Gasteiger partial charge in [-0.3, -0.25) is 0 Å². The van der Waals surface area contributed by atoms with Gasteiger partial charge in [-0.2, -0.15) is 0 Å². The quantitative estimate of drug-likeness (QED) is 0.684. The van der Waals surface area contributed by atoms with Crippen molar-refractivity contribution in [3.05, 3.63) is 29.8 Å². The van der Waals surface area contributed by atoms with Crippen LogP contribution in [0.25, 0.3) is 0 Å². The monoisotopic (exact) mass is 192 g/mol. The molecule has 0 bridgehead atoms. The second kappa shape index (κ2) is 3.62. The molecular formula is C12H16O2. The van der Waals surface area contributed by atoms with Gasteiger partial charge >= 0.3 is 0 Å². The summed E-state index contributed by atoms with van der Waals surface area (Å²) in [4.78, 5) is 0. The van der Waals surface area contributed by atoms with E-state index in [1.165, 1.54) is 5.56 Å². The Bertz CT molecular complexity index is 299. The Hall–Kier alpha value is -1.02. The van der Waals surface area contributed by atoms with Crippen LogP contribution in [0.15, 0.2) is 24.3 Å². The molecule has 0 radical (unpaired) electrons. The number of epoxide rings is 1. The summed E-state index contributed by atoms with van der Waals surface area (Å²) >= 11 is 0. The highest BCUT2D eigenvalue weighted by Crippen LogP contribution is 2.38. The molecule has 1 fully saturated rings. The topological polar surface area (TPSA) is 21.8 Å². The largest absolute Gasteiger partial charge is 0.494 e. The molecule has 1 aromatic carbocycles. The number of benzene rings is 1. The van der Waals surface area contributed by atoms with Crippen LogP contribution >= 0.6 is 0 Å². The molecule has 1 unspecified atom stereocenters. The Morgan fingerprint density at radius 2 is 2.00 bits per heavy atom. The third kappa shape index (κ3) is 1.90. The van der Waals surface area contributed by atoms with E-state index in [-0.39, 0.29) is 5.60 Å². The van der Waals surface area contributed by atoms with Gasteiger partial charge in [-0.1, -0.05) is 19.1 Å². The van der Waals surface area contributed by atoms with Crippen molar-refractivity contribution < 1.29 is 9.47 Å². The number of hydrogen-bond acceptors (Lipinski definition) is 2. The predicted octanol–water partition coefficient (Wildman–Crippen LogP) is 2.72. The zero-order valence-electron chi connectivity index (χ0n) is 8.75. The highest BCUT2D eigenvalue weighted by atomic mass is 16.6. The van der Waals surface area contributed by atoms with Crippen molar-refractivity contribution in [3.63, 3.8) is 0 Å². The first kappa shape index (κ1) is 9.53. The Morgan fingerprint density at radius 1 is 1.36 bits per heavy atom. The highest BCUT2D eigenvalue weighted by molar-refractivity contribution is 5.32. The second-order valence-corrected chi connectivity index (χ2v) is 3.89. The van der Waals surface area contributed by atoms with Crippen LogP contribution in [0.4, 0.5) is 0 Å². The summed E-state index contributed by atoms with van der Waals surface area (Å²) in [6, 6.07) is 8.19. The summed E-state index contributed by atoms with van der Waals surface area (Å²) in [7, 11) is 0. The second-order valence-electron chi connectivity index (χ2n) is 3.89. The van der Waals surface area contributed by atoms with E-state index in [0.29, 0.717) is 0 Å². The van der Waals surface area contributed by atoms with Crippen LogP contribution in [0.2, 0.25) is 0 Å². The minimum Gasteiger partial charge on any atom is -0.494 e. The average Bonchev–Trinajstić information content (AvgIpc) is 2.96. The summed E-state index contributed by atoms with van der Waals surface area (Å²) in [5.74, 6) is 0.944. The fourth-order valence-electron chi connectivity index (χ4n) is 1.40. The lowest BCUT2D eigenvalue weighted by Crippen LogP contribution is -2.02. The maximum absolute atomic E-state index is 5.50. The molecule has 1 aliphatic heterocycles. The van der Waals surface area contributed by atoms with E-state index < -0.39 is 0 Å². The molecule has 0 N–H and O–H groups in total. The minimum atomic E-state index is -0.0245. The van der Waals surface area contributed by atoms with Crippen molar-refractivity contribution in [2.45, 2.75) is 25.9 Å². The first-order valence-corrected chi connectivity index (χ1v) is 5.12. The van der Waals surface area contributed by atoms with Gasteiger partial charge in [0.05, 0.1) is 13.2 Å². The van der Waals surface area contributed by atoms with Crippen LogP contribution in [0, 0.1) is 0 Å². The lowest BCUT2D eigenvalue weighted by atomic mass is 10.0. The lowest BCUT2D eigenvalue weighted by Gasteiger charge is -2.07. The number of ether oxygens (including phenoxy) is 2. The van der Waals surface area contributed by atoms with Crippen LogP contribution in [0.3, 0.4) is 0 Å². The van der Waals surface area contributed by atoms with Crippen molar-refractivity contribution >= 4 is 0 Å². The number of hydrogen-bond donors (Lipinski definition) is 0. The highest BCUT2D eigenvalue weighted by Gasteiger charge is 2.40. The number of rotatable bonds is 4. The SMILES string of the molecule is CCCOc1ccc(C2(C)CO2)cc1. The van der Waals surface area contributed by atoms with Gasteiger partial charge < -0.3 is 9.47 Å². The zero-order valence-corrected chi connectivity index (χ0v) is 8.75. The summed E-state index contributed by atoms with van der Waals surface area (Å²) < 4.78 is 10.9. The molecule has 1 aliphatic rings. The molecule has 0 amide bonds. The molecule has 2 nitrogen and oxygen atoms in total. The molecule has 1 atom stereocenters. The molecular weight excluding hydrogens is 176 g/mol. The van der Waals surface area contributed by atoms with Crippen LogP contribution in [0.1, 0.15) is 25.8 Å². The van der Waals surface area contributed by atoms with E-state index in [2.05, 4.69) is 26.0 Å². The summed E-state index contributed by atoms with van der Waals surface area (Å²) in [6.07, 6.45) is 1.04. The Labute approximate surface area is 84.8 Å². The predicted molar refractivity (Wildman–Crippen MR) is 55.5 cm³/mol. The first-order valence-electron chi connectivity index (χ1n) is 5.12. The van der Waals surface area contributed by atoms with E-state index in [9.17, 15) is 0 Å². The van der Waals surface area contributed by atoms with Gasteiger partial charge in [0, 0.05) is 0 Å². The maximum atomic E-state index is 5.50. The molecule has 0 saturated carbocycles. The van der Waals surface area contributed by atoms with E-state index >= 15 is 0 Å². The van der Waals surface area contributed by atoms with E-state index in [0.717, 1.165) is 25.4 Å². The van der Waals surface area contributed by atoms with Crippen molar-refractivity contribution in [2.75, 3.05) is 13.2 Å². The Kier molecular flexibility index (Phi) is 2.46. The van der Waals surface area contributed by atoms with E-state index in [1.807, 2.05) is 12.1 Å². The van der Waals surface area contributed by atoms with Gasteiger partial charge in [0.15, 0.2) is 0 Å². The normalized spacial score (nSPS) is 24.7. The maximum Gasteiger partial charge on any atom is 0.119 e. The molecule has 0 spiro atoms. The van der Waals surface area contributed by atoms with Crippen LogP contribution in [-0.2, 0) is 10.3 Å². The molecule has 76 valence electrons. The fourth-order valence-corrected chi connectivity index (χ4v) is 1.40. The van der Waals surface area contributed by atoms with Crippen molar-refractivity contribution in [2.24, 2.45) is 0 Å². The van der Waals surface area contributed by atoms with E-state index in [1.54, 1.807) is 0 Å². The first-order chi connectivity index (χ1) is 6.74. The van der Waals surface area contributed by atoms with Gasteiger partial charge in [0.25, 0.3) is 0 Å². The summed E-state index contributed by atoms with van der Waals surface area (Å²) in [5.41, 5.74) is 1.21. The molecule has 0 aliphatic carbocycles. The third-order valence-electron chi connectivity index (χ3n) is 2.52. The smallest absolute Gasteiger partial charge is 0.119 e. The Balaban J connectivity index is 2.03. The van der Waals surface area contributed by atoms with Gasteiger partial charge in [0.1, 0.15) is 11.4 Å². The average molecular weight is 192 g/mol.